The summed E-state index contributed by atoms with van der Waals surface area (Å²) in [6.45, 7) is 7.72. The summed E-state index contributed by atoms with van der Waals surface area (Å²) in [5.41, 5.74) is 1.78. The van der Waals surface area contributed by atoms with Gasteiger partial charge in [-0.15, -0.1) is 0 Å². The molecule has 0 saturated carbocycles. The number of aryl methyl sites for hydroxylation is 2. The standard InChI is InChI=1S/C40H45N5O13/c1-21-33(22(2)58-45-21)36(51)34(30-16-10-12-18-41-30)35(44-32-17-11-13-19-42-32)28-14-8-9-15-29(28)43-40(52)39(57-27(7)50)38(56-26(6)49)37(55-25(5)48)31(54-24(4)47)20-53-23(3)46/h8-19,31,34-39,51H,20H2,1-7H3,(H,42,44)(H,43,52)/t31-,34?,35?,36?,37-,38+,39-/m0/s1. The van der Waals surface area contributed by atoms with E-state index in [1.165, 1.54) is 6.07 Å². The van der Waals surface area contributed by atoms with Crippen LogP contribution in [0.25, 0.3) is 0 Å². The van der Waals surface area contributed by atoms with Crippen molar-refractivity contribution in [2.75, 3.05) is 17.2 Å². The molecule has 0 aliphatic heterocycles. The van der Waals surface area contributed by atoms with Crippen molar-refractivity contribution in [3.8, 4) is 0 Å². The van der Waals surface area contributed by atoms with E-state index in [0.717, 1.165) is 34.6 Å². The van der Waals surface area contributed by atoms with E-state index in [-0.39, 0.29) is 5.69 Å². The molecule has 0 aliphatic rings. The van der Waals surface area contributed by atoms with E-state index in [1.807, 2.05) is 0 Å². The molecule has 7 atom stereocenters. The van der Waals surface area contributed by atoms with Crippen molar-refractivity contribution >= 4 is 47.3 Å². The van der Waals surface area contributed by atoms with Gasteiger partial charge in [-0.2, -0.15) is 0 Å². The number of para-hydroxylation sites is 1. The Balaban J connectivity index is 1.89. The van der Waals surface area contributed by atoms with Crippen LogP contribution in [0.5, 0.6) is 0 Å². The Morgan fingerprint density at radius 1 is 0.724 bits per heavy atom. The van der Waals surface area contributed by atoms with Gasteiger partial charge in [0.25, 0.3) is 5.91 Å². The predicted molar refractivity (Wildman–Crippen MR) is 202 cm³/mol. The third-order valence-corrected chi connectivity index (χ3v) is 8.55. The molecule has 3 N–H and O–H groups in total. The van der Waals surface area contributed by atoms with Crippen LogP contribution < -0.4 is 10.6 Å². The molecule has 0 radical (unpaired) electrons. The number of rotatable bonds is 18. The van der Waals surface area contributed by atoms with E-state index < -0.39 is 84.8 Å². The molecule has 18 heteroatoms. The molecule has 3 aromatic heterocycles. The minimum absolute atomic E-state index is 0.118. The van der Waals surface area contributed by atoms with Crippen molar-refractivity contribution in [3.05, 3.63) is 101 Å². The number of carbonyl (C=O) groups is 6. The Morgan fingerprint density at radius 3 is 1.88 bits per heavy atom. The highest BCUT2D eigenvalue weighted by atomic mass is 16.6. The molecule has 1 aromatic carbocycles. The molecule has 3 unspecified atom stereocenters. The zero-order valence-electron chi connectivity index (χ0n) is 32.9. The number of aliphatic hydroxyl groups is 1. The first-order chi connectivity index (χ1) is 27.6. The number of nitrogens with one attached hydrogen (secondary N) is 2. The van der Waals surface area contributed by atoms with Crippen LogP contribution in [0.4, 0.5) is 11.5 Å². The van der Waals surface area contributed by atoms with Gasteiger partial charge in [0.15, 0.2) is 18.3 Å². The number of hydrogen-bond acceptors (Lipinski definition) is 17. The van der Waals surface area contributed by atoms with Gasteiger partial charge in [0.2, 0.25) is 6.10 Å². The van der Waals surface area contributed by atoms with E-state index in [1.54, 1.807) is 80.8 Å². The molecule has 4 aromatic rings. The van der Waals surface area contributed by atoms with E-state index in [9.17, 15) is 33.9 Å². The van der Waals surface area contributed by atoms with Gasteiger partial charge in [-0.3, -0.25) is 33.8 Å². The van der Waals surface area contributed by atoms with E-state index in [0.29, 0.717) is 34.1 Å². The molecule has 1 amide bonds. The van der Waals surface area contributed by atoms with Gasteiger partial charge in [-0.1, -0.05) is 35.5 Å². The minimum Gasteiger partial charge on any atom is -0.462 e. The molecule has 58 heavy (non-hydrogen) atoms. The Morgan fingerprint density at radius 2 is 1.33 bits per heavy atom. The SMILES string of the molecule is CC(=O)OC[C@H](OC(C)=O)[C@H](OC(C)=O)[C@@H](OC(C)=O)[C@H](OC(C)=O)C(=O)Nc1ccccc1C(Nc1ccccn1)C(c1ccccn1)C(O)c1c(C)noc1C. The number of ether oxygens (including phenoxy) is 5. The monoisotopic (exact) mass is 803 g/mol. The van der Waals surface area contributed by atoms with Crippen LogP contribution >= 0.6 is 0 Å². The molecule has 308 valence electrons. The fourth-order valence-electron chi connectivity index (χ4n) is 6.33. The van der Waals surface area contributed by atoms with Gasteiger partial charge in [0.1, 0.15) is 18.2 Å². The second-order valence-electron chi connectivity index (χ2n) is 13.0. The van der Waals surface area contributed by atoms with E-state index >= 15 is 0 Å². The first-order valence-corrected chi connectivity index (χ1v) is 18.0. The lowest BCUT2D eigenvalue weighted by Gasteiger charge is -2.35. The number of esters is 5. The zero-order valence-corrected chi connectivity index (χ0v) is 32.9. The van der Waals surface area contributed by atoms with Crippen molar-refractivity contribution in [1.29, 1.82) is 0 Å². The molecule has 0 bridgehead atoms. The third-order valence-electron chi connectivity index (χ3n) is 8.55. The lowest BCUT2D eigenvalue weighted by molar-refractivity contribution is -0.202. The predicted octanol–water partition coefficient (Wildman–Crippen LogP) is 3.98. The second kappa shape index (κ2) is 20.5. The summed E-state index contributed by atoms with van der Waals surface area (Å²) in [4.78, 5) is 85.2. The summed E-state index contributed by atoms with van der Waals surface area (Å²) in [6.07, 6.45) is -5.71. The van der Waals surface area contributed by atoms with Gasteiger partial charge in [-0.25, -0.2) is 4.98 Å². The topological polar surface area (TPSA) is 245 Å². The average molecular weight is 804 g/mol. The fraction of sp³-hybridized carbons (Fsp3) is 0.375. The Bertz CT molecular complexity index is 2040. The van der Waals surface area contributed by atoms with Crippen LogP contribution in [0.15, 0.2) is 77.6 Å². The number of anilines is 2. The molecule has 4 rings (SSSR count). The molecule has 0 fully saturated rings. The van der Waals surface area contributed by atoms with E-state index in [4.69, 9.17) is 28.2 Å². The summed E-state index contributed by atoms with van der Waals surface area (Å²) in [7, 11) is 0. The Kier molecular flexibility index (Phi) is 15.5. The lowest BCUT2D eigenvalue weighted by Crippen LogP contribution is -2.56. The van der Waals surface area contributed by atoms with Crippen LogP contribution in [0.2, 0.25) is 0 Å². The summed E-state index contributed by atoms with van der Waals surface area (Å²) in [6, 6.07) is 16.0. The lowest BCUT2D eigenvalue weighted by atomic mass is 9.81. The number of carbonyl (C=O) groups excluding carboxylic acids is 6. The number of aromatic nitrogens is 3. The van der Waals surface area contributed by atoms with Crippen molar-refractivity contribution in [1.82, 2.24) is 15.1 Å². The molecule has 0 aliphatic carbocycles. The summed E-state index contributed by atoms with van der Waals surface area (Å²) in [5, 5.41) is 22.4. The van der Waals surface area contributed by atoms with Crippen molar-refractivity contribution < 1.29 is 62.1 Å². The maximum Gasteiger partial charge on any atom is 0.303 e. The van der Waals surface area contributed by atoms with Crippen molar-refractivity contribution in [3.63, 3.8) is 0 Å². The normalized spacial score (nSPS) is 14.6. The average Bonchev–Trinajstić information content (AvgIpc) is 3.51. The second-order valence-corrected chi connectivity index (χ2v) is 13.0. The van der Waals surface area contributed by atoms with Gasteiger partial charge in [0, 0.05) is 64.0 Å². The number of nitrogens with zero attached hydrogens (tertiary/aromatic N) is 3. The van der Waals surface area contributed by atoms with Gasteiger partial charge >= 0.3 is 29.8 Å². The Labute approximate surface area is 333 Å². The molecule has 3 heterocycles. The molecular formula is C40H45N5O13. The fourth-order valence-corrected chi connectivity index (χ4v) is 6.33. The zero-order chi connectivity index (χ0) is 42.5. The highest BCUT2D eigenvalue weighted by molar-refractivity contribution is 5.97. The minimum atomic E-state index is -2.07. The molecular weight excluding hydrogens is 758 g/mol. The molecule has 0 saturated heterocycles. The first kappa shape index (κ1) is 44.0. The highest BCUT2D eigenvalue weighted by Crippen LogP contribution is 2.45. The number of pyridine rings is 2. The highest BCUT2D eigenvalue weighted by Gasteiger charge is 2.47. The van der Waals surface area contributed by atoms with Crippen LogP contribution in [0, 0.1) is 13.8 Å². The van der Waals surface area contributed by atoms with Crippen LogP contribution in [-0.2, 0) is 52.5 Å². The maximum absolute atomic E-state index is 14.5. The number of hydrogen-bond donors (Lipinski definition) is 3. The van der Waals surface area contributed by atoms with Crippen LogP contribution in [-0.4, -0.2) is 87.0 Å². The van der Waals surface area contributed by atoms with Gasteiger partial charge in [-0.05, 0) is 49.7 Å². The van der Waals surface area contributed by atoms with E-state index in [2.05, 4.69) is 25.8 Å². The molecule has 0 spiro atoms. The summed E-state index contributed by atoms with van der Waals surface area (Å²) in [5.74, 6) is -5.95. The maximum atomic E-state index is 14.5. The number of amides is 1. The number of aliphatic hydroxyl groups excluding tert-OH is 1. The quantitative estimate of drug-likeness (QED) is 0.0951. The third kappa shape index (κ3) is 11.9. The van der Waals surface area contributed by atoms with Crippen molar-refractivity contribution in [2.24, 2.45) is 0 Å². The first-order valence-electron chi connectivity index (χ1n) is 18.0. The summed E-state index contributed by atoms with van der Waals surface area (Å²) < 4.78 is 32.2. The Hall–Kier alpha value is -6.69. The van der Waals surface area contributed by atoms with Gasteiger partial charge < -0.3 is 43.9 Å². The van der Waals surface area contributed by atoms with Crippen LogP contribution in [0.3, 0.4) is 0 Å². The van der Waals surface area contributed by atoms with Crippen molar-refractivity contribution in [2.45, 2.75) is 90.9 Å². The van der Waals surface area contributed by atoms with Gasteiger partial charge in [0.05, 0.1) is 23.8 Å². The largest absolute Gasteiger partial charge is 0.462 e. The number of benzene rings is 1. The summed E-state index contributed by atoms with van der Waals surface area (Å²) >= 11 is 0. The molecule has 18 nitrogen and oxygen atoms in total. The smallest absolute Gasteiger partial charge is 0.303 e. The van der Waals surface area contributed by atoms with Crippen LogP contribution in [0.1, 0.15) is 81.0 Å².